The van der Waals surface area contributed by atoms with E-state index in [9.17, 15) is 14.7 Å². The molecule has 2 amide bonds. The first-order chi connectivity index (χ1) is 15.4. The minimum atomic E-state index is -1.16. The maximum absolute atomic E-state index is 12.3. The number of para-hydroxylation sites is 1. The van der Waals surface area contributed by atoms with Crippen molar-refractivity contribution < 1.29 is 19.2 Å². The highest BCUT2D eigenvalue weighted by Gasteiger charge is 2.22. The van der Waals surface area contributed by atoms with Gasteiger partial charge in [-0.15, -0.1) is 0 Å². The molecule has 0 radical (unpaired) electrons. The Morgan fingerprint density at radius 2 is 1.78 bits per heavy atom. The summed E-state index contributed by atoms with van der Waals surface area (Å²) in [5, 5.41) is 17.2. The molecular weight excluding hydrogens is 408 g/mol. The maximum atomic E-state index is 12.3. The summed E-state index contributed by atoms with van der Waals surface area (Å²) < 4.78 is 5.46. The molecule has 2 N–H and O–H groups in total. The number of nitrogens with zero attached hydrogens (tertiary/aromatic N) is 3. The zero-order chi connectivity index (χ0) is 22.7. The minimum Gasteiger partial charge on any atom is -0.465 e. The van der Waals surface area contributed by atoms with Gasteiger partial charge in [-0.05, 0) is 29.8 Å². The summed E-state index contributed by atoms with van der Waals surface area (Å²) in [6.45, 7) is 0. The van der Waals surface area contributed by atoms with Gasteiger partial charge in [-0.25, -0.2) is 9.78 Å². The van der Waals surface area contributed by atoms with Gasteiger partial charge in [-0.1, -0.05) is 47.6 Å². The fourth-order valence-corrected chi connectivity index (χ4v) is 3.64. The van der Waals surface area contributed by atoms with Gasteiger partial charge in [0.25, 0.3) is 5.91 Å². The molecule has 2 aromatic heterocycles. The van der Waals surface area contributed by atoms with E-state index < -0.39 is 12.1 Å². The van der Waals surface area contributed by atoms with Crippen molar-refractivity contribution in [3.05, 3.63) is 83.7 Å². The third-order valence-electron chi connectivity index (χ3n) is 5.11. The molecule has 0 fully saturated rings. The van der Waals surface area contributed by atoms with Gasteiger partial charge in [-0.3, -0.25) is 4.79 Å². The predicted molar refractivity (Wildman–Crippen MR) is 119 cm³/mol. The zero-order valence-corrected chi connectivity index (χ0v) is 17.6. The molecule has 1 unspecified atom stereocenters. The molecule has 0 saturated carbocycles. The number of carbonyl (C=O) groups excluding carboxylic acids is 1. The van der Waals surface area contributed by atoms with Crippen molar-refractivity contribution in [2.24, 2.45) is 0 Å². The predicted octanol–water partition coefficient (Wildman–Crippen LogP) is 4.14. The number of rotatable bonds is 6. The Bertz CT molecular complexity index is 1280. The SMILES string of the molecule is CN(C)C(=O)c1cccc(CC(NC(=O)O)c2ccccc2-c2noc3ccccc23)n1. The minimum absolute atomic E-state index is 0.218. The van der Waals surface area contributed by atoms with Crippen LogP contribution >= 0.6 is 0 Å². The largest absolute Gasteiger partial charge is 0.465 e. The van der Waals surface area contributed by atoms with Crippen molar-refractivity contribution in [3.8, 4) is 11.3 Å². The van der Waals surface area contributed by atoms with E-state index in [0.29, 0.717) is 22.7 Å². The molecule has 8 heteroatoms. The van der Waals surface area contributed by atoms with Crippen molar-refractivity contribution >= 4 is 23.0 Å². The molecule has 0 aliphatic carbocycles. The Hall–Kier alpha value is -4.20. The quantitative estimate of drug-likeness (QED) is 0.476. The lowest BCUT2D eigenvalue weighted by Gasteiger charge is -2.20. The standard InChI is InChI=1S/C24H22N4O4/c1-28(2)23(29)19-12-7-8-15(25-19)14-20(26-24(30)31)16-9-3-4-10-17(16)22-18-11-5-6-13-21(18)32-27-22/h3-13,20,26H,14H2,1-2H3,(H,30,31). The molecule has 2 heterocycles. The molecular formula is C24H22N4O4. The third-order valence-corrected chi connectivity index (χ3v) is 5.11. The molecule has 4 rings (SSSR count). The first-order valence-corrected chi connectivity index (χ1v) is 10.0. The van der Waals surface area contributed by atoms with Gasteiger partial charge in [0.15, 0.2) is 5.58 Å². The molecule has 0 saturated heterocycles. The maximum Gasteiger partial charge on any atom is 0.405 e. The van der Waals surface area contributed by atoms with E-state index in [0.717, 1.165) is 16.5 Å². The summed E-state index contributed by atoms with van der Waals surface area (Å²) in [4.78, 5) is 29.8. The number of carboxylic acid groups (broad SMARTS) is 1. The summed E-state index contributed by atoms with van der Waals surface area (Å²) in [6, 6.07) is 19.5. The normalized spacial score (nSPS) is 11.8. The molecule has 2 aromatic carbocycles. The summed E-state index contributed by atoms with van der Waals surface area (Å²) in [7, 11) is 3.31. The number of hydrogen-bond donors (Lipinski definition) is 2. The van der Waals surface area contributed by atoms with Crippen molar-refractivity contribution in [1.82, 2.24) is 20.4 Å². The van der Waals surface area contributed by atoms with Gasteiger partial charge in [-0.2, -0.15) is 0 Å². The van der Waals surface area contributed by atoms with Crippen LogP contribution < -0.4 is 5.32 Å². The monoisotopic (exact) mass is 430 g/mol. The van der Waals surface area contributed by atoms with Crippen LogP contribution in [-0.4, -0.2) is 46.2 Å². The second-order valence-electron chi connectivity index (χ2n) is 7.53. The van der Waals surface area contributed by atoms with Crippen LogP contribution in [0.2, 0.25) is 0 Å². The average molecular weight is 430 g/mol. The zero-order valence-electron chi connectivity index (χ0n) is 17.6. The van der Waals surface area contributed by atoms with Crippen molar-refractivity contribution in [2.75, 3.05) is 14.1 Å². The molecule has 8 nitrogen and oxygen atoms in total. The van der Waals surface area contributed by atoms with Gasteiger partial charge < -0.3 is 19.8 Å². The molecule has 0 aliphatic rings. The average Bonchev–Trinajstić information content (AvgIpc) is 3.22. The molecule has 32 heavy (non-hydrogen) atoms. The van der Waals surface area contributed by atoms with Gasteiger partial charge in [0.1, 0.15) is 11.4 Å². The van der Waals surface area contributed by atoms with Crippen LogP contribution in [0.25, 0.3) is 22.2 Å². The van der Waals surface area contributed by atoms with Gasteiger partial charge in [0.2, 0.25) is 0 Å². The van der Waals surface area contributed by atoms with Crippen LogP contribution in [0.1, 0.15) is 27.8 Å². The first-order valence-electron chi connectivity index (χ1n) is 10.0. The number of carbonyl (C=O) groups is 2. The number of pyridine rings is 1. The Labute approximate surface area is 184 Å². The number of hydrogen-bond acceptors (Lipinski definition) is 5. The second-order valence-corrected chi connectivity index (χ2v) is 7.53. The van der Waals surface area contributed by atoms with E-state index in [-0.39, 0.29) is 12.3 Å². The number of amides is 2. The smallest absolute Gasteiger partial charge is 0.405 e. The van der Waals surface area contributed by atoms with E-state index in [1.165, 1.54) is 4.90 Å². The lowest BCUT2D eigenvalue weighted by atomic mass is 9.93. The van der Waals surface area contributed by atoms with Crippen LogP contribution in [-0.2, 0) is 6.42 Å². The molecule has 0 aliphatic heterocycles. The van der Waals surface area contributed by atoms with E-state index in [1.54, 1.807) is 32.3 Å². The summed E-state index contributed by atoms with van der Waals surface area (Å²) in [5.41, 5.74) is 3.68. The Balaban J connectivity index is 1.75. The molecule has 0 bridgehead atoms. The van der Waals surface area contributed by atoms with Crippen LogP contribution in [0.5, 0.6) is 0 Å². The number of nitrogens with one attached hydrogen (secondary N) is 1. The Morgan fingerprint density at radius 1 is 1.03 bits per heavy atom. The van der Waals surface area contributed by atoms with Crippen LogP contribution in [0.15, 0.2) is 71.3 Å². The summed E-state index contributed by atoms with van der Waals surface area (Å²) in [6.07, 6.45) is -0.900. The second kappa shape index (κ2) is 8.89. The van der Waals surface area contributed by atoms with Crippen molar-refractivity contribution in [3.63, 3.8) is 0 Å². The first kappa shape index (κ1) is 21.0. The fourth-order valence-electron chi connectivity index (χ4n) is 3.64. The molecule has 162 valence electrons. The summed E-state index contributed by atoms with van der Waals surface area (Å²) in [5.74, 6) is -0.218. The van der Waals surface area contributed by atoms with Crippen LogP contribution in [0.3, 0.4) is 0 Å². The van der Waals surface area contributed by atoms with Gasteiger partial charge in [0.05, 0.1) is 6.04 Å². The summed E-state index contributed by atoms with van der Waals surface area (Å²) >= 11 is 0. The van der Waals surface area contributed by atoms with Gasteiger partial charge >= 0.3 is 6.09 Å². The number of aromatic nitrogens is 2. The fraction of sp³-hybridized carbons (Fsp3) is 0.167. The van der Waals surface area contributed by atoms with Crippen LogP contribution in [0, 0.1) is 0 Å². The molecule has 4 aromatic rings. The number of benzene rings is 2. The van der Waals surface area contributed by atoms with Gasteiger partial charge in [0, 0.05) is 37.2 Å². The topological polar surface area (TPSA) is 109 Å². The Morgan fingerprint density at radius 3 is 2.56 bits per heavy atom. The third kappa shape index (κ3) is 4.29. The Kier molecular flexibility index (Phi) is 5.85. The van der Waals surface area contributed by atoms with E-state index in [4.69, 9.17) is 4.52 Å². The highest BCUT2D eigenvalue weighted by atomic mass is 16.5. The van der Waals surface area contributed by atoms with Crippen molar-refractivity contribution in [1.29, 1.82) is 0 Å². The molecule has 1 atom stereocenters. The highest BCUT2D eigenvalue weighted by Crippen LogP contribution is 2.34. The van der Waals surface area contributed by atoms with Crippen molar-refractivity contribution in [2.45, 2.75) is 12.5 Å². The lowest BCUT2D eigenvalue weighted by Crippen LogP contribution is -2.29. The lowest BCUT2D eigenvalue weighted by molar-refractivity contribution is 0.0821. The van der Waals surface area contributed by atoms with Crippen LogP contribution in [0.4, 0.5) is 4.79 Å². The molecule has 0 spiro atoms. The number of fused-ring (bicyclic) bond motifs is 1. The van der Waals surface area contributed by atoms with E-state index >= 15 is 0 Å². The van der Waals surface area contributed by atoms with E-state index in [1.807, 2.05) is 48.5 Å². The highest BCUT2D eigenvalue weighted by molar-refractivity contribution is 5.93. The van der Waals surface area contributed by atoms with E-state index in [2.05, 4.69) is 15.5 Å².